The molecule has 0 aliphatic rings. The molecule has 0 radical (unpaired) electrons. The van der Waals surface area contributed by atoms with Gasteiger partial charge in [0.15, 0.2) is 0 Å². The minimum Gasteiger partial charge on any atom is -0.343 e. The molecule has 106 valence electrons. The Bertz CT molecular complexity index is 539. The molecule has 0 saturated carbocycles. The number of nitrogen functional groups attached to an aromatic ring is 1. The van der Waals surface area contributed by atoms with E-state index in [9.17, 15) is 4.79 Å². The van der Waals surface area contributed by atoms with E-state index in [0.29, 0.717) is 11.4 Å². The Morgan fingerprint density at radius 1 is 1.45 bits per heavy atom. The normalized spacial score (nSPS) is 11.9. The highest BCUT2D eigenvalue weighted by Gasteiger charge is 2.16. The van der Waals surface area contributed by atoms with Gasteiger partial charge in [0.1, 0.15) is 5.69 Å². The van der Waals surface area contributed by atoms with Crippen LogP contribution in [0.5, 0.6) is 0 Å². The smallest absolute Gasteiger partial charge is 0.270 e. The third-order valence-electron chi connectivity index (χ3n) is 2.93. The van der Waals surface area contributed by atoms with Crippen LogP contribution in [-0.4, -0.2) is 10.9 Å². The maximum atomic E-state index is 12.2. The lowest BCUT2D eigenvalue weighted by Crippen LogP contribution is -2.28. The summed E-state index contributed by atoms with van der Waals surface area (Å²) in [5.41, 5.74) is 3.55. The Labute approximate surface area is 122 Å². The first-order valence-electron chi connectivity index (χ1n) is 6.51. The fourth-order valence-electron chi connectivity index (χ4n) is 1.91. The van der Waals surface area contributed by atoms with Gasteiger partial charge in [-0.2, -0.15) is 0 Å². The van der Waals surface area contributed by atoms with Crippen LogP contribution in [0.2, 0.25) is 0 Å². The zero-order chi connectivity index (χ0) is 14.4. The second kappa shape index (κ2) is 7.02. The van der Waals surface area contributed by atoms with E-state index in [4.69, 9.17) is 5.84 Å². The molecule has 2 rings (SSSR count). The lowest BCUT2D eigenvalue weighted by molar-refractivity contribution is 0.0930. The molecule has 4 N–H and O–H groups in total. The lowest BCUT2D eigenvalue weighted by atomic mass is 10.1. The molecule has 0 saturated heterocycles. The van der Waals surface area contributed by atoms with Crippen LogP contribution in [0.1, 0.15) is 41.2 Å². The maximum Gasteiger partial charge on any atom is 0.270 e. The molecule has 0 bridgehead atoms. The van der Waals surface area contributed by atoms with E-state index < -0.39 is 0 Å². The van der Waals surface area contributed by atoms with Gasteiger partial charge in [0.05, 0.1) is 17.9 Å². The molecule has 5 nitrogen and oxygen atoms in total. The summed E-state index contributed by atoms with van der Waals surface area (Å²) >= 11 is 1.65. The molecule has 0 aliphatic carbocycles. The highest BCUT2D eigenvalue weighted by Crippen LogP contribution is 2.23. The van der Waals surface area contributed by atoms with E-state index in [1.54, 1.807) is 23.5 Å². The van der Waals surface area contributed by atoms with Crippen molar-refractivity contribution in [3.63, 3.8) is 0 Å². The van der Waals surface area contributed by atoms with Crippen molar-refractivity contribution < 1.29 is 4.79 Å². The number of hydrogen-bond donors (Lipinski definition) is 3. The molecule has 0 fully saturated rings. The average molecular weight is 290 g/mol. The first kappa shape index (κ1) is 14.5. The van der Waals surface area contributed by atoms with Gasteiger partial charge in [0, 0.05) is 4.88 Å². The zero-order valence-electron chi connectivity index (χ0n) is 11.3. The Morgan fingerprint density at radius 3 is 2.85 bits per heavy atom. The summed E-state index contributed by atoms with van der Waals surface area (Å²) < 4.78 is 0. The molecule has 1 unspecified atom stereocenters. The van der Waals surface area contributed by atoms with Crippen LogP contribution in [0.3, 0.4) is 0 Å². The quantitative estimate of drug-likeness (QED) is 0.564. The molecule has 0 aromatic carbocycles. The lowest BCUT2D eigenvalue weighted by Gasteiger charge is -2.16. The van der Waals surface area contributed by atoms with Crippen LogP contribution < -0.4 is 16.6 Å². The molecule has 20 heavy (non-hydrogen) atoms. The fraction of sp³-hybridized carbons (Fsp3) is 0.286. The van der Waals surface area contributed by atoms with Gasteiger partial charge in [-0.3, -0.25) is 10.6 Å². The number of thiophene rings is 1. The van der Waals surface area contributed by atoms with E-state index >= 15 is 0 Å². The topological polar surface area (TPSA) is 80.0 Å². The van der Waals surface area contributed by atoms with Gasteiger partial charge in [0.2, 0.25) is 0 Å². The molecule has 0 aliphatic heterocycles. The van der Waals surface area contributed by atoms with Gasteiger partial charge in [-0.15, -0.1) is 11.3 Å². The Hall–Kier alpha value is -1.92. The van der Waals surface area contributed by atoms with Crippen molar-refractivity contribution in [1.82, 2.24) is 10.3 Å². The van der Waals surface area contributed by atoms with E-state index in [2.05, 4.69) is 22.7 Å². The fourth-order valence-corrected chi connectivity index (χ4v) is 2.72. The number of pyridine rings is 1. The van der Waals surface area contributed by atoms with Crippen LogP contribution in [0.4, 0.5) is 5.69 Å². The highest BCUT2D eigenvalue weighted by molar-refractivity contribution is 7.10. The highest BCUT2D eigenvalue weighted by atomic mass is 32.1. The minimum atomic E-state index is -0.166. The number of anilines is 1. The minimum absolute atomic E-state index is 0.0432. The van der Waals surface area contributed by atoms with Gasteiger partial charge in [0.25, 0.3) is 5.91 Å². The van der Waals surface area contributed by atoms with Crippen molar-refractivity contribution in [2.75, 3.05) is 5.43 Å². The standard InChI is InChI=1S/C14H18N4OS/c1-2-4-11(13-5-3-8-20-13)17-14(19)12-7-6-10(18-15)9-16-12/h3,5-9,11,18H,2,4,15H2,1H3,(H,17,19). The number of hydrazine groups is 1. The van der Waals surface area contributed by atoms with Crippen molar-refractivity contribution in [3.05, 3.63) is 46.4 Å². The third kappa shape index (κ3) is 3.55. The van der Waals surface area contributed by atoms with Crippen LogP contribution >= 0.6 is 11.3 Å². The maximum absolute atomic E-state index is 12.2. The Kier molecular flexibility index (Phi) is 5.09. The number of aromatic nitrogens is 1. The summed E-state index contributed by atoms with van der Waals surface area (Å²) in [6, 6.07) is 7.46. The number of nitrogens with zero attached hydrogens (tertiary/aromatic N) is 1. The van der Waals surface area contributed by atoms with E-state index in [1.807, 2.05) is 17.5 Å². The summed E-state index contributed by atoms with van der Waals surface area (Å²) in [7, 11) is 0. The summed E-state index contributed by atoms with van der Waals surface area (Å²) in [5, 5.41) is 5.05. The average Bonchev–Trinajstić information content (AvgIpc) is 3.01. The van der Waals surface area contributed by atoms with Crippen LogP contribution in [0.25, 0.3) is 0 Å². The summed E-state index contributed by atoms with van der Waals surface area (Å²) in [6.07, 6.45) is 3.45. The molecule has 0 spiro atoms. The van der Waals surface area contributed by atoms with Crippen molar-refractivity contribution in [1.29, 1.82) is 0 Å². The molecular formula is C14H18N4OS. The summed E-state index contributed by atoms with van der Waals surface area (Å²) in [4.78, 5) is 17.5. The number of rotatable bonds is 6. The predicted molar refractivity (Wildman–Crippen MR) is 81.5 cm³/mol. The largest absolute Gasteiger partial charge is 0.343 e. The third-order valence-corrected chi connectivity index (χ3v) is 3.92. The van der Waals surface area contributed by atoms with Crippen molar-refractivity contribution in [2.45, 2.75) is 25.8 Å². The molecule has 2 aromatic heterocycles. The molecule has 2 aromatic rings. The zero-order valence-corrected chi connectivity index (χ0v) is 12.1. The van der Waals surface area contributed by atoms with Crippen LogP contribution in [-0.2, 0) is 0 Å². The number of amides is 1. The van der Waals surface area contributed by atoms with Crippen molar-refractivity contribution >= 4 is 22.9 Å². The molecule has 1 amide bonds. The van der Waals surface area contributed by atoms with Gasteiger partial charge in [-0.25, -0.2) is 4.98 Å². The first-order valence-corrected chi connectivity index (χ1v) is 7.39. The van der Waals surface area contributed by atoms with Crippen molar-refractivity contribution in [2.24, 2.45) is 5.84 Å². The Morgan fingerprint density at radius 2 is 2.30 bits per heavy atom. The van der Waals surface area contributed by atoms with E-state index in [0.717, 1.165) is 12.8 Å². The Balaban J connectivity index is 2.07. The summed E-state index contributed by atoms with van der Waals surface area (Å²) in [5.74, 6) is 5.10. The monoisotopic (exact) mass is 290 g/mol. The van der Waals surface area contributed by atoms with Gasteiger partial charge in [-0.1, -0.05) is 19.4 Å². The number of carbonyl (C=O) groups is 1. The SMILES string of the molecule is CCCC(NC(=O)c1ccc(NN)cn1)c1cccs1. The number of carbonyl (C=O) groups excluding carboxylic acids is 1. The second-order valence-electron chi connectivity index (χ2n) is 4.41. The van der Waals surface area contributed by atoms with Crippen molar-refractivity contribution in [3.8, 4) is 0 Å². The van der Waals surface area contributed by atoms with E-state index in [-0.39, 0.29) is 11.9 Å². The first-order chi connectivity index (χ1) is 9.74. The molecule has 1 atom stereocenters. The van der Waals surface area contributed by atoms with Gasteiger partial charge < -0.3 is 10.7 Å². The summed E-state index contributed by atoms with van der Waals surface area (Å²) in [6.45, 7) is 2.10. The molecular weight excluding hydrogens is 272 g/mol. The number of nitrogens with one attached hydrogen (secondary N) is 2. The molecule has 2 heterocycles. The second-order valence-corrected chi connectivity index (χ2v) is 5.39. The van der Waals surface area contributed by atoms with E-state index in [1.165, 1.54) is 11.1 Å². The van der Waals surface area contributed by atoms with Gasteiger partial charge in [-0.05, 0) is 30.0 Å². The number of hydrogen-bond acceptors (Lipinski definition) is 5. The predicted octanol–water partition coefficient (Wildman–Crippen LogP) is 2.70. The van der Waals surface area contributed by atoms with Crippen LogP contribution in [0.15, 0.2) is 35.8 Å². The number of nitrogens with two attached hydrogens (primary N) is 1. The van der Waals surface area contributed by atoms with Crippen LogP contribution in [0, 0.1) is 0 Å². The molecule has 6 heteroatoms. The van der Waals surface area contributed by atoms with Gasteiger partial charge >= 0.3 is 0 Å².